The van der Waals surface area contributed by atoms with Crippen molar-refractivity contribution in [2.45, 2.75) is 6.92 Å². The van der Waals surface area contributed by atoms with Crippen LogP contribution < -0.4 is 10.2 Å². The lowest BCUT2D eigenvalue weighted by Crippen LogP contribution is -2.45. The number of carbonyl (C=O) groups excluding carboxylic acids is 1. The number of rotatable bonds is 5. The zero-order valence-corrected chi connectivity index (χ0v) is 16.8. The second kappa shape index (κ2) is 8.41. The van der Waals surface area contributed by atoms with Crippen molar-refractivity contribution in [3.8, 4) is 11.3 Å². The third-order valence-corrected chi connectivity index (χ3v) is 5.11. The summed E-state index contributed by atoms with van der Waals surface area (Å²) in [6, 6.07) is 19.6. The number of hydrogen-bond donors (Lipinski definition) is 1. The fourth-order valence-corrected chi connectivity index (χ4v) is 3.37. The van der Waals surface area contributed by atoms with E-state index < -0.39 is 0 Å². The molecule has 2 heterocycles. The van der Waals surface area contributed by atoms with Crippen LogP contribution in [0.3, 0.4) is 0 Å². The molecule has 1 aliphatic rings. The van der Waals surface area contributed by atoms with E-state index in [2.05, 4.69) is 34.3 Å². The molecule has 4 rings (SSSR count). The number of Topliss-reactive ketones (excluding diaryl/α,β-unsaturated/α-hetero) is 1. The van der Waals surface area contributed by atoms with Gasteiger partial charge in [-0.25, -0.2) is 4.98 Å². The van der Waals surface area contributed by atoms with Crippen LogP contribution in [0.2, 0.25) is 0 Å². The Morgan fingerprint density at radius 2 is 1.69 bits per heavy atom. The molecule has 6 nitrogen and oxygen atoms in total. The third-order valence-electron chi connectivity index (χ3n) is 5.11. The van der Waals surface area contributed by atoms with Crippen LogP contribution in [0, 0.1) is 0 Å². The Balaban J connectivity index is 1.69. The van der Waals surface area contributed by atoms with Gasteiger partial charge in [0.25, 0.3) is 0 Å². The summed E-state index contributed by atoms with van der Waals surface area (Å²) >= 11 is 0. The van der Waals surface area contributed by atoms with Gasteiger partial charge in [-0.05, 0) is 26.1 Å². The number of benzene rings is 2. The molecule has 148 valence electrons. The number of nitrogens with zero attached hydrogens (tertiary/aromatic N) is 4. The minimum Gasteiger partial charge on any atom is -0.340 e. The molecule has 0 radical (unpaired) electrons. The van der Waals surface area contributed by atoms with E-state index in [1.807, 2.05) is 48.5 Å². The van der Waals surface area contributed by atoms with E-state index in [0.717, 1.165) is 49.1 Å². The van der Waals surface area contributed by atoms with Gasteiger partial charge in [-0.2, -0.15) is 4.98 Å². The second-order valence-electron chi connectivity index (χ2n) is 7.36. The van der Waals surface area contributed by atoms with Crippen LogP contribution in [0.1, 0.15) is 17.3 Å². The van der Waals surface area contributed by atoms with E-state index in [4.69, 9.17) is 9.97 Å². The van der Waals surface area contributed by atoms with Crippen molar-refractivity contribution < 1.29 is 4.79 Å². The lowest BCUT2D eigenvalue weighted by atomic mass is 10.1. The summed E-state index contributed by atoms with van der Waals surface area (Å²) in [5.41, 5.74) is 3.43. The molecule has 6 heteroatoms. The monoisotopic (exact) mass is 387 g/mol. The molecule has 0 saturated carbocycles. The summed E-state index contributed by atoms with van der Waals surface area (Å²) in [4.78, 5) is 25.9. The van der Waals surface area contributed by atoms with Gasteiger partial charge in [-0.15, -0.1) is 0 Å². The normalized spacial score (nSPS) is 14.6. The summed E-state index contributed by atoms with van der Waals surface area (Å²) in [5.74, 6) is 1.48. The molecular weight excluding hydrogens is 362 g/mol. The predicted molar refractivity (Wildman–Crippen MR) is 117 cm³/mol. The van der Waals surface area contributed by atoms with Crippen molar-refractivity contribution in [2.24, 2.45) is 0 Å². The van der Waals surface area contributed by atoms with E-state index in [9.17, 15) is 4.79 Å². The summed E-state index contributed by atoms with van der Waals surface area (Å²) in [6.45, 7) is 5.34. The molecule has 0 spiro atoms. The molecule has 1 fully saturated rings. The van der Waals surface area contributed by atoms with Gasteiger partial charge in [0.05, 0.1) is 5.69 Å². The van der Waals surface area contributed by atoms with E-state index in [-0.39, 0.29) is 5.78 Å². The smallest absolute Gasteiger partial charge is 0.227 e. The molecule has 0 aliphatic carbocycles. The van der Waals surface area contributed by atoms with Gasteiger partial charge in [0.15, 0.2) is 5.78 Å². The Morgan fingerprint density at radius 1 is 0.931 bits per heavy atom. The average Bonchev–Trinajstić information content (AvgIpc) is 2.75. The number of carbonyl (C=O) groups is 1. The lowest BCUT2D eigenvalue weighted by Gasteiger charge is -2.32. The Kier molecular flexibility index (Phi) is 5.53. The van der Waals surface area contributed by atoms with Crippen LogP contribution in [0.5, 0.6) is 0 Å². The zero-order chi connectivity index (χ0) is 20.2. The van der Waals surface area contributed by atoms with E-state index >= 15 is 0 Å². The van der Waals surface area contributed by atoms with Gasteiger partial charge in [-0.3, -0.25) is 4.79 Å². The van der Waals surface area contributed by atoms with Gasteiger partial charge in [0.1, 0.15) is 5.82 Å². The van der Waals surface area contributed by atoms with Crippen LogP contribution in [-0.2, 0) is 0 Å². The maximum Gasteiger partial charge on any atom is 0.227 e. The van der Waals surface area contributed by atoms with E-state index in [1.54, 1.807) is 6.92 Å². The average molecular weight is 387 g/mol. The zero-order valence-electron chi connectivity index (χ0n) is 16.8. The van der Waals surface area contributed by atoms with E-state index in [1.165, 1.54) is 0 Å². The van der Waals surface area contributed by atoms with Gasteiger partial charge >= 0.3 is 0 Å². The van der Waals surface area contributed by atoms with Crippen molar-refractivity contribution in [2.75, 3.05) is 43.4 Å². The highest BCUT2D eigenvalue weighted by atomic mass is 16.1. The number of anilines is 3. The molecule has 1 aromatic heterocycles. The topological polar surface area (TPSA) is 61.4 Å². The minimum atomic E-state index is 0.0411. The Morgan fingerprint density at radius 3 is 2.41 bits per heavy atom. The highest BCUT2D eigenvalue weighted by Crippen LogP contribution is 2.25. The van der Waals surface area contributed by atoms with Crippen LogP contribution >= 0.6 is 0 Å². The first-order valence-electron chi connectivity index (χ1n) is 9.84. The number of piperazine rings is 1. The molecule has 3 aromatic rings. The fourth-order valence-electron chi connectivity index (χ4n) is 3.37. The number of nitrogens with one attached hydrogen (secondary N) is 1. The number of aromatic nitrogens is 2. The molecule has 2 aromatic carbocycles. The first kappa shape index (κ1) is 19.1. The maximum absolute atomic E-state index is 11.7. The molecule has 1 aliphatic heterocycles. The molecule has 1 N–H and O–H groups in total. The summed E-state index contributed by atoms with van der Waals surface area (Å²) in [6.07, 6.45) is 0. The third kappa shape index (κ3) is 4.60. The summed E-state index contributed by atoms with van der Waals surface area (Å²) in [5, 5.41) is 3.36. The lowest BCUT2D eigenvalue weighted by molar-refractivity contribution is 0.101. The van der Waals surface area contributed by atoms with E-state index in [0.29, 0.717) is 11.4 Å². The molecule has 0 atom stereocenters. The number of likely N-dealkylation sites (N-methyl/N-ethyl adjacent to an activating group) is 1. The minimum absolute atomic E-state index is 0.0411. The predicted octanol–water partition coefficient (Wildman–Crippen LogP) is 3.84. The second-order valence-corrected chi connectivity index (χ2v) is 7.36. The highest BCUT2D eigenvalue weighted by molar-refractivity contribution is 5.95. The van der Waals surface area contributed by atoms with Gasteiger partial charge in [0.2, 0.25) is 5.95 Å². The molecule has 29 heavy (non-hydrogen) atoms. The van der Waals surface area contributed by atoms with Crippen LogP contribution in [0.4, 0.5) is 17.5 Å². The van der Waals surface area contributed by atoms with Crippen LogP contribution in [0.15, 0.2) is 60.7 Å². The molecule has 0 bridgehead atoms. The quantitative estimate of drug-likeness (QED) is 0.671. The SMILES string of the molecule is CC(=O)c1cccc(Nc2cc(-c3ccccc3)nc(N3CCN(C)CC3)n2)c1. The standard InChI is InChI=1S/C23H25N5O/c1-17(29)19-9-6-10-20(15-19)24-22-16-21(18-7-4-3-5-8-18)25-23(26-22)28-13-11-27(2)12-14-28/h3-10,15-16H,11-14H2,1-2H3,(H,24,25,26). The van der Waals surface area contributed by atoms with Crippen molar-refractivity contribution in [1.82, 2.24) is 14.9 Å². The Hall–Kier alpha value is -3.25. The molecule has 0 unspecified atom stereocenters. The van der Waals surface area contributed by atoms with Crippen LogP contribution in [0.25, 0.3) is 11.3 Å². The molecule has 0 amide bonds. The van der Waals surface area contributed by atoms with Gasteiger partial charge in [-0.1, -0.05) is 42.5 Å². The number of hydrogen-bond acceptors (Lipinski definition) is 6. The van der Waals surface area contributed by atoms with Gasteiger partial charge < -0.3 is 15.1 Å². The Bertz CT molecular complexity index is 997. The van der Waals surface area contributed by atoms with Crippen molar-refractivity contribution in [3.05, 3.63) is 66.2 Å². The van der Waals surface area contributed by atoms with Crippen molar-refractivity contribution >= 4 is 23.2 Å². The number of ketones is 1. The molecule has 1 saturated heterocycles. The highest BCUT2D eigenvalue weighted by Gasteiger charge is 2.18. The van der Waals surface area contributed by atoms with Crippen LogP contribution in [-0.4, -0.2) is 53.9 Å². The van der Waals surface area contributed by atoms with Gasteiger partial charge in [0, 0.05) is 49.1 Å². The van der Waals surface area contributed by atoms with Crippen molar-refractivity contribution in [3.63, 3.8) is 0 Å². The first-order chi connectivity index (χ1) is 14.1. The first-order valence-corrected chi connectivity index (χ1v) is 9.84. The Labute approximate surface area is 171 Å². The molecular formula is C23H25N5O. The summed E-state index contributed by atoms with van der Waals surface area (Å²) in [7, 11) is 2.13. The largest absolute Gasteiger partial charge is 0.340 e. The summed E-state index contributed by atoms with van der Waals surface area (Å²) < 4.78 is 0. The maximum atomic E-state index is 11.7. The van der Waals surface area contributed by atoms with Crippen molar-refractivity contribution in [1.29, 1.82) is 0 Å². The fraction of sp³-hybridized carbons (Fsp3) is 0.261.